The Morgan fingerprint density at radius 2 is 2.00 bits per heavy atom. The molecule has 0 radical (unpaired) electrons. The first-order valence-corrected chi connectivity index (χ1v) is 8.55. The quantitative estimate of drug-likeness (QED) is 0.730. The first-order valence-electron chi connectivity index (χ1n) is 7.76. The summed E-state index contributed by atoms with van der Waals surface area (Å²) in [7, 11) is 0. The van der Waals surface area contributed by atoms with Gasteiger partial charge in [-0.05, 0) is 58.7 Å². The second-order valence-electron chi connectivity index (χ2n) is 5.69. The Kier molecular flexibility index (Phi) is 5.32. The van der Waals surface area contributed by atoms with Crippen LogP contribution in [0.2, 0.25) is 0 Å². The van der Waals surface area contributed by atoms with E-state index in [4.69, 9.17) is 4.42 Å². The summed E-state index contributed by atoms with van der Waals surface area (Å²) in [5, 5.41) is 8.98. The predicted octanol–water partition coefficient (Wildman–Crippen LogP) is 2.31. The van der Waals surface area contributed by atoms with Gasteiger partial charge in [-0.3, -0.25) is 9.59 Å². The fourth-order valence-corrected chi connectivity index (χ4v) is 2.88. The largest absolute Gasteiger partial charge is 0.444 e. The van der Waals surface area contributed by atoms with E-state index >= 15 is 0 Å². The van der Waals surface area contributed by atoms with Crippen molar-refractivity contribution in [3.8, 4) is 0 Å². The molecule has 126 valence electrons. The van der Waals surface area contributed by atoms with Crippen LogP contribution in [0.1, 0.15) is 22.5 Å². The van der Waals surface area contributed by atoms with Gasteiger partial charge in [0.1, 0.15) is 0 Å². The van der Waals surface area contributed by atoms with Gasteiger partial charge in [-0.15, -0.1) is 0 Å². The molecule has 24 heavy (non-hydrogen) atoms. The summed E-state index contributed by atoms with van der Waals surface area (Å²) in [6.45, 7) is 1.78. The summed E-state index contributed by atoms with van der Waals surface area (Å²) in [6.07, 6.45) is 1.30. The summed E-state index contributed by atoms with van der Waals surface area (Å²) in [5.41, 5.74) is 1.55. The Balaban J connectivity index is 1.53. The van der Waals surface area contributed by atoms with E-state index in [1.807, 2.05) is 12.1 Å². The Morgan fingerprint density at radius 3 is 2.62 bits per heavy atom. The van der Waals surface area contributed by atoms with Gasteiger partial charge < -0.3 is 20.4 Å². The third kappa shape index (κ3) is 4.46. The van der Waals surface area contributed by atoms with Crippen LogP contribution < -0.4 is 16.0 Å². The molecule has 6 nitrogen and oxygen atoms in total. The maximum absolute atomic E-state index is 12.0. The monoisotopic (exact) mass is 391 g/mol. The number of benzene rings is 1. The number of furan rings is 1. The lowest BCUT2D eigenvalue weighted by atomic mass is 10.1. The van der Waals surface area contributed by atoms with Crippen molar-refractivity contribution < 1.29 is 14.0 Å². The lowest BCUT2D eigenvalue weighted by Gasteiger charge is -2.11. The molecule has 1 aromatic heterocycles. The van der Waals surface area contributed by atoms with Crippen LogP contribution in [0.15, 0.2) is 45.5 Å². The van der Waals surface area contributed by atoms with E-state index in [-0.39, 0.29) is 23.6 Å². The second-order valence-corrected chi connectivity index (χ2v) is 6.47. The Labute approximate surface area is 148 Å². The fourth-order valence-electron chi connectivity index (χ4n) is 2.58. The molecule has 1 aliphatic rings. The zero-order valence-corrected chi connectivity index (χ0v) is 14.6. The Bertz CT molecular complexity index is 721. The number of carbonyl (C=O) groups is 2. The molecule has 3 rings (SSSR count). The van der Waals surface area contributed by atoms with Crippen molar-refractivity contribution in [1.82, 2.24) is 10.6 Å². The zero-order chi connectivity index (χ0) is 16.9. The van der Waals surface area contributed by atoms with Crippen LogP contribution in [-0.4, -0.2) is 30.9 Å². The minimum Gasteiger partial charge on any atom is -0.444 e. The predicted molar refractivity (Wildman–Crippen MR) is 93.9 cm³/mol. The number of amides is 2. The summed E-state index contributed by atoms with van der Waals surface area (Å²) < 4.78 is 5.71. The van der Waals surface area contributed by atoms with Gasteiger partial charge in [0.05, 0.1) is 6.42 Å². The molecular weight excluding hydrogens is 374 g/mol. The van der Waals surface area contributed by atoms with E-state index in [1.165, 1.54) is 0 Å². The number of hydrogen-bond donors (Lipinski definition) is 3. The van der Waals surface area contributed by atoms with Gasteiger partial charge in [0, 0.05) is 18.3 Å². The van der Waals surface area contributed by atoms with Crippen molar-refractivity contribution in [2.75, 3.05) is 18.4 Å². The van der Waals surface area contributed by atoms with E-state index in [0.29, 0.717) is 16.8 Å². The van der Waals surface area contributed by atoms with Crippen molar-refractivity contribution in [3.63, 3.8) is 0 Å². The molecule has 1 unspecified atom stereocenters. The third-order valence-corrected chi connectivity index (χ3v) is 4.23. The molecule has 2 heterocycles. The highest BCUT2D eigenvalue weighted by atomic mass is 79.9. The van der Waals surface area contributed by atoms with Crippen molar-refractivity contribution in [2.24, 2.45) is 0 Å². The summed E-state index contributed by atoms with van der Waals surface area (Å²) in [5.74, 6) is -0.0728. The highest BCUT2D eigenvalue weighted by Crippen LogP contribution is 2.16. The standard InChI is InChI=1S/C17H18BrN3O3/c18-15-6-5-14(24-15)17(23)21-12-3-1-11(2-4-12)9-16(22)20-13-7-8-19-10-13/h1-6,13,19H,7-10H2,(H,20,22)(H,21,23). The van der Waals surface area contributed by atoms with E-state index in [2.05, 4.69) is 31.9 Å². The third-order valence-electron chi connectivity index (χ3n) is 3.80. The van der Waals surface area contributed by atoms with Crippen LogP contribution in [0.5, 0.6) is 0 Å². The highest BCUT2D eigenvalue weighted by molar-refractivity contribution is 9.10. The van der Waals surface area contributed by atoms with E-state index in [1.54, 1.807) is 24.3 Å². The molecule has 0 bridgehead atoms. The van der Waals surface area contributed by atoms with Crippen LogP contribution in [0.4, 0.5) is 5.69 Å². The van der Waals surface area contributed by atoms with Crippen LogP contribution >= 0.6 is 15.9 Å². The van der Waals surface area contributed by atoms with Crippen LogP contribution in [-0.2, 0) is 11.2 Å². The van der Waals surface area contributed by atoms with Crippen molar-refractivity contribution in [3.05, 3.63) is 52.4 Å². The van der Waals surface area contributed by atoms with E-state index < -0.39 is 0 Å². The fraction of sp³-hybridized carbons (Fsp3) is 0.294. The van der Waals surface area contributed by atoms with Crippen LogP contribution in [0.3, 0.4) is 0 Å². The number of carbonyl (C=O) groups excluding carboxylic acids is 2. The molecular formula is C17H18BrN3O3. The Hall–Kier alpha value is -2.12. The average molecular weight is 392 g/mol. The molecule has 7 heteroatoms. The van der Waals surface area contributed by atoms with Gasteiger partial charge in [-0.2, -0.15) is 0 Å². The molecule has 0 aliphatic carbocycles. The van der Waals surface area contributed by atoms with Crippen molar-refractivity contribution in [2.45, 2.75) is 18.9 Å². The number of anilines is 1. The molecule has 0 spiro atoms. The number of hydrogen-bond acceptors (Lipinski definition) is 4. The average Bonchev–Trinajstić information content (AvgIpc) is 3.21. The van der Waals surface area contributed by atoms with Crippen LogP contribution in [0, 0.1) is 0 Å². The normalized spacial score (nSPS) is 16.8. The van der Waals surface area contributed by atoms with Gasteiger partial charge in [0.2, 0.25) is 5.91 Å². The van der Waals surface area contributed by atoms with Gasteiger partial charge in [-0.25, -0.2) is 0 Å². The molecule has 2 aromatic rings. The minimum atomic E-state index is -0.320. The minimum absolute atomic E-state index is 0.0147. The summed E-state index contributed by atoms with van der Waals surface area (Å²) in [4.78, 5) is 24.0. The SMILES string of the molecule is O=C(Cc1ccc(NC(=O)c2ccc(Br)o2)cc1)NC1CCNC1. The number of nitrogens with one attached hydrogen (secondary N) is 3. The highest BCUT2D eigenvalue weighted by Gasteiger charge is 2.16. The van der Waals surface area contributed by atoms with E-state index in [9.17, 15) is 9.59 Å². The van der Waals surface area contributed by atoms with E-state index in [0.717, 1.165) is 25.1 Å². The first-order chi connectivity index (χ1) is 11.6. The molecule has 1 aromatic carbocycles. The van der Waals surface area contributed by atoms with Gasteiger partial charge >= 0.3 is 0 Å². The summed E-state index contributed by atoms with van der Waals surface area (Å²) in [6, 6.07) is 10.7. The molecule has 1 fully saturated rings. The number of halogens is 1. The lowest BCUT2D eigenvalue weighted by molar-refractivity contribution is -0.121. The maximum atomic E-state index is 12.0. The summed E-state index contributed by atoms with van der Waals surface area (Å²) >= 11 is 3.16. The van der Waals surface area contributed by atoms with Gasteiger partial charge in [-0.1, -0.05) is 12.1 Å². The number of rotatable bonds is 5. The first kappa shape index (κ1) is 16.7. The molecule has 3 N–H and O–H groups in total. The van der Waals surface area contributed by atoms with Crippen molar-refractivity contribution in [1.29, 1.82) is 0 Å². The molecule has 2 amide bonds. The topological polar surface area (TPSA) is 83.4 Å². The maximum Gasteiger partial charge on any atom is 0.291 e. The Morgan fingerprint density at radius 1 is 1.21 bits per heavy atom. The van der Waals surface area contributed by atoms with Gasteiger partial charge in [0.15, 0.2) is 10.4 Å². The zero-order valence-electron chi connectivity index (χ0n) is 13.0. The van der Waals surface area contributed by atoms with Crippen LogP contribution in [0.25, 0.3) is 0 Å². The van der Waals surface area contributed by atoms with Crippen molar-refractivity contribution >= 4 is 33.4 Å². The molecule has 1 atom stereocenters. The molecule has 1 saturated heterocycles. The molecule has 1 aliphatic heterocycles. The van der Waals surface area contributed by atoms with Gasteiger partial charge in [0.25, 0.3) is 5.91 Å². The lowest BCUT2D eigenvalue weighted by Crippen LogP contribution is -2.37. The molecule has 0 saturated carbocycles. The smallest absolute Gasteiger partial charge is 0.291 e. The second kappa shape index (κ2) is 7.63.